The summed E-state index contributed by atoms with van der Waals surface area (Å²) in [6.45, 7) is 0. The Hall–Kier alpha value is -1.64. The molecule has 0 saturated carbocycles. The van der Waals surface area contributed by atoms with Crippen molar-refractivity contribution in [3.8, 4) is 6.07 Å². The average Bonchev–Trinajstić information content (AvgIpc) is 2.07. The van der Waals surface area contributed by atoms with Crippen molar-refractivity contribution in [2.24, 2.45) is 0 Å². The van der Waals surface area contributed by atoms with Crippen LogP contribution in [0, 0.1) is 23.0 Å². The molecular formula is C8H2F5N. The number of nitriles is 1. The predicted octanol–water partition coefficient (Wildman–Crippen LogP) is 2.86. The van der Waals surface area contributed by atoms with E-state index in [1.54, 1.807) is 0 Å². The molecule has 0 saturated heterocycles. The van der Waals surface area contributed by atoms with Crippen LogP contribution in [0.2, 0.25) is 0 Å². The van der Waals surface area contributed by atoms with E-state index in [1.165, 1.54) is 0 Å². The molecule has 0 unspecified atom stereocenters. The van der Waals surface area contributed by atoms with Crippen molar-refractivity contribution >= 4 is 0 Å². The van der Waals surface area contributed by atoms with E-state index in [0.29, 0.717) is 12.1 Å². The molecule has 0 spiro atoms. The van der Waals surface area contributed by atoms with Gasteiger partial charge in [0.1, 0.15) is 5.56 Å². The minimum atomic E-state index is -5.07. The lowest BCUT2D eigenvalue weighted by Gasteiger charge is -2.09. The van der Waals surface area contributed by atoms with Crippen LogP contribution < -0.4 is 0 Å². The molecule has 0 N–H and O–H groups in total. The highest BCUT2D eigenvalue weighted by Gasteiger charge is 2.38. The number of halogens is 5. The largest absolute Gasteiger partial charge is 0.420 e. The molecule has 0 aliphatic heterocycles. The Labute approximate surface area is 75.4 Å². The van der Waals surface area contributed by atoms with Gasteiger partial charge in [-0.15, -0.1) is 0 Å². The summed E-state index contributed by atoms with van der Waals surface area (Å²) in [6, 6.07) is 2.20. The van der Waals surface area contributed by atoms with Gasteiger partial charge in [-0.25, -0.2) is 8.78 Å². The summed E-state index contributed by atoms with van der Waals surface area (Å²) >= 11 is 0. The quantitative estimate of drug-likeness (QED) is 0.600. The highest BCUT2D eigenvalue weighted by molar-refractivity contribution is 5.40. The molecule has 0 bridgehead atoms. The zero-order valence-corrected chi connectivity index (χ0v) is 6.49. The van der Waals surface area contributed by atoms with Crippen molar-refractivity contribution in [3.05, 3.63) is 34.9 Å². The monoisotopic (exact) mass is 207 g/mol. The lowest BCUT2D eigenvalue weighted by Crippen LogP contribution is -2.12. The first-order valence-corrected chi connectivity index (χ1v) is 3.33. The third kappa shape index (κ3) is 1.66. The first-order chi connectivity index (χ1) is 6.38. The maximum Gasteiger partial charge on any atom is 0.420 e. The standard InChI is InChI=1S/C8H2F5N/c9-5-2-1-4(3-14)6(7(5)10)8(11,12)13/h1-2H. The topological polar surface area (TPSA) is 23.8 Å². The Balaban J connectivity index is 3.54. The molecule has 0 radical (unpaired) electrons. The van der Waals surface area contributed by atoms with Crippen molar-refractivity contribution in [2.45, 2.75) is 6.18 Å². The van der Waals surface area contributed by atoms with Gasteiger partial charge in [-0.1, -0.05) is 0 Å². The molecule has 0 fully saturated rings. The number of nitrogens with zero attached hydrogens (tertiary/aromatic N) is 1. The number of hydrogen-bond donors (Lipinski definition) is 0. The highest BCUT2D eigenvalue weighted by Crippen LogP contribution is 2.34. The van der Waals surface area contributed by atoms with E-state index in [2.05, 4.69) is 0 Å². The number of rotatable bonds is 0. The molecule has 0 amide bonds. The van der Waals surface area contributed by atoms with Crippen molar-refractivity contribution in [3.63, 3.8) is 0 Å². The Kier molecular flexibility index (Phi) is 2.43. The van der Waals surface area contributed by atoms with Crippen LogP contribution in [0.4, 0.5) is 22.0 Å². The second-order valence-corrected chi connectivity index (χ2v) is 2.39. The van der Waals surface area contributed by atoms with Crippen molar-refractivity contribution in [1.82, 2.24) is 0 Å². The van der Waals surface area contributed by atoms with Gasteiger partial charge in [-0.3, -0.25) is 0 Å². The Bertz CT molecular complexity index is 401. The average molecular weight is 207 g/mol. The molecule has 0 atom stereocenters. The molecule has 1 aromatic rings. The molecule has 0 aliphatic rings. The Morgan fingerprint density at radius 3 is 2.14 bits per heavy atom. The van der Waals surface area contributed by atoms with Gasteiger partial charge in [0.05, 0.1) is 11.6 Å². The molecule has 6 heteroatoms. The van der Waals surface area contributed by atoms with Crippen LogP contribution in [0.15, 0.2) is 12.1 Å². The van der Waals surface area contributed by atoms with Crippen LogP contribution in [0.5, 0.6) is 0 Å². The van der Waals surface area contributed by atoms with Crippen molar-refractivity contribution in [1.29, 1.82) is 5.26 Å². The van der Waals surface area contributed by atoms with Crippen LogP contribution >= 0.6 is 0 Å². The van der Waals surface area contributed by atoms with Gasteiger partial charge in [0.25, 0.3) is 0 Å². The van der Waals surface area contributed by atoms with Gasteiger partial charge in [0, 0.05) is 0 Å². The van der Waals surface area contributed by atoms with Gasteiger partial charge < -0.3 is 0 Å². The molecular weight excluding hydrogens is 205 g/mol. The van der Waals surface area contributed by atoms with Gasteiger partial charge >= 0.3 is 6.18 Å². The summed E-state index contributed by atoms with van der Waals surface area (Å²) in [5, 5.41) is 8.26. The third-order valence-electron chi connectivity index (χ3n) is 1.50. The van der Waals surface area contributed by atoms with E-state index in [1.807, 2.05) is 0 Å². The predicted molar refractivity (Wildman–Crippen MR) is 36.1 cm³/mol. The van der Waals surface area contributed by atoms with E-state index in [9.17, 15) is 22.0 Å². The summed E-state index contributed by atoms with van der Waals surface area (Å²) in [4.78, 5) is 0. The van der Waals surface area contributed by atoms with Crippen molar-refractivity contribution in [2.75, 3.05) is 0 Å². The first kappa shape index (κ1) is 10.4. The molecule has 0 aliphatic carbocycles. The summed E-state index contributed by atoms with van der Waals surface area (Å²) in [5.41, 5.74) is -2.80. The summed E-state index contributed by atoms with van der Waals surface area (Å²) in [5.74, 6) is -3.67. The minimum Gasteiger partial charge on any atom is -0.204 e. The molecule has 0 heterocycles. The fourth-order valence-electron chi connectivity index (χ4n) is 0.921. The third-order valence-corrected chi connectivity index (χ3v) is 1.50. The van der Waals surface area contributed by atoms with Crippen LogP contribution in [0.1, 0.15) is 11.1 Å². The van der Waals surface area contributed by atoms with E-state index in [4.69, 9.17) is 5.26 Å². The van der Waals surface area contributed by atoms with Gasteiger partial charge in [-0.05, 0) is 12.1 Å². The maximum absolute atomic E-state index is 12.7. The van der Waals surface area contributed by atoms with Crippen LogP contribution in [-0.4, -0.2) is 0 Å². The maximum atomic E-state index is 12.7. The Morgan fingerprint density at radius 2 is 1.71 bits per heavy atom. The fourth-order valence-corrected chi connectivity index (χ4v) is 0.921. The SMILES string of the molecule is N#Cc1ccc(F)c(F)c1C(F)(F)F. The van der Waals surface area contributed by atoms with E-state index >= 15 is 0 Å². The summed E-state index contributed by atoms with van der Waals surface area (Å²) in [7, 11) is 0. The van der Waals surface area contributed by atoms with E-state index in [-0.39, 0.29) is 0 Å². The van der Waals surface area contributed by atoms with E-state index < -0.39 is 28.9 Å². The van der Waals surface area contributed by atoms with Crippen LogP contribution in [0.3, 0.4) is 0 Å². The minimum absolute atomic E-state index is 0.475. The first-order valence-electron chi connectivity index (χ1n) is 3.33. The summed E-state index contributed by atoms with van der Waals surface area (Å²) in [6.07, 6.45) is -5.07. The Morgan fingerprint density at radius 1 is 1.14 bits per heavy atom. The molecule has 1 nitrogen and oxygen atoms in total. The molecule has 14 heavy (non-hydrogen) atoms. The molecule has 1 aromatic carbocycles. The lowest BCUT2D eigenvalue weighted by molar-refractivity contribution is -0.140. The number of alkyl halides is 3. The highest BCUT2D eigenvalue weighted by atomic mass is 19.4. The van der Waals surface area contributed by atoms with Gasteiger partial charge in [0.15, 0.2) is 11.6 Å². The van der Waals surface area contributed by atoms with Gasteiger partial charge in [-0.2, -0.15) is 18.4 Å². The summed E-state index contributed by atoms with van der Waals surface area (Å²) < 4.78 is 61.5. The fraction of sp³-hybridized carbons (Fsp3) is 0.125. The number of benzene rings is 1. The molecule has 1 rings (SSSR count). The smallest absolute Gasteiger partial charge is 0.204 e. The zero-order chi connectivity index (χ0) is 10.9. The van der Waals surface area contributed by atoms with Crippen LogP contribution in [-0.2, 0) is 6.18 Å². The molecule has 0 aromatic heterocycles. The molecule has 74 valence electrons. The lowest BCUT2D eigenvalue weighted by atomic mass is 10.1. The van der Waals surface area contributed by atoms with Crippen LogP contribution in [0.25, 0.3) is 0 Å². The van der Waals surface area contributed by atoms with E-state index in [0.717, 1.165) is 6.07 Å². The second kappa shape index (κ2) is 3.25. The zero-order valence-electron chi connectivity index (χ0n) is 6.49. The van der Waals surface area contributed by atoms with Crippen molar-refractivity contribution < 1.29 is 22.0 Å². The van der Waals surface area contributed by atoms with Gasteiger partial charge in [0.2, 0.25) is 0 Å². The normalized spacial score (nSPS) is 11.1. The second-order valence-electron chi connectivity index (χ2n) is 2.39. The number of hydrogen-bond acceptors (Lipinski definition) is 1.